The summed E-state index contributed by atoms with van der Waals surface area (Å²) in [6.45, 7) is 0. The normalized spacial score (nSPS) is 11.2. The van der Waals surface area contributed by atoms with E-state index in [1.807, 2.05) is 24.3 Å². The largest absolute Gasteiger partial charge is 0.490 e. The predicted molar refractivity (Wildman–Crippen MR) is 88.4 cm³/mol. The summed E-state index contributed by atoms with van der Waals surface area (Å²) in [5.74, 6) is 0. The van der Waals surface area contributed by atoms with Crippen molar-refractivity contribution in [3.05, 3.63) is 67.0 Å². The Morgan fingerprint density at radius 2 is 1.41 bits per heavy atom. The zero-order valence-corrected chi connectivity index (χ0v) is 11.7. The van der Waals surface area contributed by atoms with E-state index in [-0.39, 0.29) is 0 Å². The molecule has 4 nitrogen and oxygen atoms in total. The average Bonchev–Trinajstić information content (AvgIpc) is 2.89. The molecular weight excluding hydrogens is 275 g/mol. The van der Waals surface area contributed by atoms with Gasteiger partial charge in [-0.05, 0) is 18.2 Å². The second kappa shape index (κ2) is 4.98. The summed E-state index contributed by atoms with van der Waals surface area (Å²) in [6.07, 6.45) is 3.19. The third-order valence-electron chi connectivity index (χ3n) is 3.88. The van der Waals surface area contributed by atoms with Gasteiger partial charge in [0.15, 0.2) is 0 Å². The number of hydrogen-bond donors (Lipinski definition) is 2. The van der Waals surface area contributed by atoms with Gasteiger partial charge < -0.3 is 14.6 Å². The Morgan fingerprint density at radius 1 is 0.818 bits per heavy atom. The molecule has 2 heterocycles. The molecule has 2 N–H and O–H groups in total. The van der Waals surface area contributed by atoms with Gasteiger partial charge in [-0.1, -0.05) is 36.4 Å². The van der Waals surface area contributed by atoms with E-state index in [0.717, 1.165) is 27.5 Å². The van der Waals surface area contributed by atoms with E-state index in [1.165, 1.54) is 6.20 Å². The SMILES string of the molecule is OB(O)c1cncc(-n2c3ccccc3c3ccccc32)c1. The molecular formula is C17H13BN2O2. The molecule has 0 radical (unpaired) electrons. The molecule has 0 bridgehead atoms. The quantitative estimate of drug-likeness (QED) is 0.553. The second-order valence-electron chi connectivity index (χ2n) is 5.22. The van der Waals surface area contributed by atoms with Crippen molar-refractivity contribution >= 4 is 34.4 Å². The maximum Gasteiger partial charge on any atom is 0.490 e. The molecule has 0 saturated carbocycles. The zero-order chi connectivity index (χ0) is 15.1. The minimum absolute atomic E-state index is 0.374. The van der Waals surface area contributed by atoms with Crippen molar-refractivity contribution in [2.24, 2.45) is 0 Å². The van der Waals surface area contributed by atoms with Crippen LogP contribution in [0, 0.1) is 0 Å². The lowest BCUT2D eigenvalue weighted by Crippen LogP contribution is -2.30. The van der Waals surface area contributed by atoms with Gasteiger partial charge in [-0.15, -0.1) is 0 Å². The average molecular weight is 288 g/mol. The third-order valence-corrected chi connectivity index (χ3v) is 3.88. The van der Waals surface area contributed by atoms with Gasteiger partial charge in [-0.2, -0.15) is 0 Å². The minimum Gasteiger partial charge on any atom is -0.423 e. The Morgan fingerprint density at radius 3 is 2.00 bits per heavy atom. The maximum absolute atomic E-state index is 9.38. The Kier molecular flexibility index (Phi) is 2.96. The van der Waals surface area contributed by atoms with E-state index in [2.05, 4.69) is 33.8 Å². The molecule has 0 aliphatic carbocycles. The van der Waals surface area contributed by atoms with Crippen LogP contribution in [0.3, 0.4) is 0 Å². The third kappa shape index (κ3) is 1.91. The minimum atomic E-state index is -1.53. The van der Waals surface area contributed by atoms with E-state index in [0.29, 0.717) is 5.46 Å². The van der Waals surface area contributed by atoms with Gasteiger partial charge in [0.1, 0.15) is 0 Å². The van der Waals surface area contributed by atoms with Crippen molar-refractivity contribution in [3.63, 3.8) is 0 Å². The number of benzene rings is 2. The number of nitrogens with zero attached hydrogens (tertiary/aromatic N) is 2. The molecule has 0 saturated heterocycles. The highest BCUT2D eigenvalue weighted by Crippen LogP contribution is 2.31. The van der Waals surface area contributed by atoms with Gasteiger partial charge in [0.05, 0.1) is 22.9 Å². The number of aromatic nitrogens is 2. The van der Waals surface area contributed by atoms with Crippen LogP contribution in [0.15, 0.2) is 67.0 Å². The van der Waals surface area contributed by atoms with Crippen LogP contribution in [0.1, 0.15) is 0 Å². The topological polar surface area (TPSA) is 58.3 Å². The highest BCUT2D eigenvalue weighted by molar-refractivity contribution is 6.58. The summed E-state index contributed by atoms with van der Waals surface area (Å²) in [5.41, 5.74) is 3.31. The fourth-order valence-corrected chi connectivity index (χ4v) is 2.91. The van der Waals surface area contributed by atoms with E-state index < -0.39 is 7.12 Å². The summed E-state index contributed by atoms with van der Waals surface area (Å²) in [6, 6.07) is 18.1. The van der Waals surface area contributed by atoms with Gasteiger partial charge in [-0.3, -0.25) is 4.98 Å². The van der Waals surface area contributed by atoms with Crippen LogP contribution < -0.4 is 5.46 Å². The molecule has 0 spiro atoms. The number of fused-ring (bicyclic) bond motifs is 3. The van der Waals surface area contributed by atoms with Gasteiger partial charge in [0.2, 0.25) is 0 Å². The Labute approximate surface area is 127 Å². The zero-order valence-electron chi connectivity index (χ0n) is 11.7. The maximum atomic E-state index is 9.38. The molecule has 4 aromatic rings. The summed E-state index contributed by atoms with van der Waals surface area (Å²) in [4.78, 5) is 4.13. The Bertz CT molecular complexity index is 925. The number of hydrogen-bond acceptors (Lipinski definition) is 3. The first-order valence-electron chi connectivity index (χ1n) is 7.05. The lowest BCUT2D eigenvalue weighted by Gasteiger charge is -2.08. The van der Waals surface area contributed by atoms with E-state index >= 15 is 0 Å². The first-order chi connectivity index (χ1) is 10.8. The summed E-state index contributed by atoms with van der Waals surface area (Å²) >= 11 is 0. The van der Waals surface area contributed by atoms with Crippen LogP contribution in [0.25, 0.3) is 27.5 Å². The van der Waals surface area contributed by atoms with Crippen LogP contribution in [0.2, 0.25) is 0 Å². The molecule has 2 aromatic heterocycles. The monoisotopic (exact) mass is 288 g/mol. The number of rotatable bonds is 2. The molecule has 106 valence electrons. The van der Waals surface area contributed by atoms with Gasteiger partial charge in [-0.25, -0.2) is 0 Å². The van der Waals surface area contributed by atoms with Gasteiger partial charge in [0.25, 0.3) is 0 Å². The first kappa shape index (κ1) is 13.1. The fourth-order valence-electron chi connectivity index (χ4n) is 2.91. The van der Waals surface area contributed by atoms with Crippen LogP contribution in [-0.4, -0.2) is 26.7 Å². The van der Waals surface area contributed by atoms with E-state index in [9.17, 15) is 10.0 Å². The van der Waals surface area contributed by atoms with Crippen molar-refractivity contribution in [1.29, 1.82) is 0 Å². The second-order valence-corrected chi connectivity index (χ2v) is 5.22. The summed E-state index contributed by atoms with van der Waals surface area (Å²) < 4.78 is 2.09. The van der Waals surface area contributed by atoms with Crippen LogP contribution in [-0.2, 0) is 0 Å². The highest BCUT2D eigenvalue weighted by atomic mass is 16.4. The number of para-hydroxylation sites is 2. The van der Waals surface area contributed by atoms with Crippen molar-refractivity contribution < 1.29 is 10.0 Å². The van der Waals surface area contributed by atoms with Crippen LogP contribution in [0.4, 0.5) is 0 Å². The predicted octanol–water partition coefficient (Wildman–Crippen LogP) is 1.86. The standard InChI is InChI=1S/C17H13BN2O2/c21-18(22)12-9-13(11-19-10-12)20-16-7-3-1-5-14(16)15-6-2-4-8-17(15)20/h1-11,21-22H. The van der Waals surface area contributed by atoms with Crippen molar-refractivity contribution in [3.8, 4) is 5.69 Å². The molecule has 0 fully saturated rings. The lowest BCUT2D eigenvalue weighted by molar-refractivity contribution is 0.425. The molecule has 22 heavy (non-hydrogen) atoms. The molecule has 0 aliphatic heterocycles. The lowest BCUT2D eigenvalue weighted by atomic mass is 9.81. The Hall–Kier alpha value is -2.63. The smallest absolute Gasteiger partial charge is 0.423 e. The molecule has 0 amide bonds. The molecule has 4 rings (SSSR count). The van der Waals surface area contributed by atoms with Crippen LogP contribution >= 0.6 is 0 Å². The van der Waals surface area contributed by atoms with E-state index in [4.69, 9.17) is 0 Å². The number of pyridine rings is 1. The van der Waals surface area contributed by atoms with Gasteiger partial charge >= 0.3 is 7.12 Å². The summed E-state index contributed by atoms with van der Waals surface area (Å²) in [5, 5.41) is 21.1. The Balaban J connectivity index is 2.11. The van der Waals surface area contributed by atoms with Crippen LogP contribution in [0.5, 0.6) is 0 Å². The fraction of sp³-hybridized carbons (Fsp3) is 0. The molecule has 5 heteroatoms. The summed E-state index contributed by atoms with van der Waals surface area (Å²) in [7, 11) is -1.53. The first-order valence-corrected chi connectivity index (χ1v) is 7.05. The van der Waals surface area contributed by atoms with Gasteiger partial charge in [0, 0.05) is 22.4 Å². The molecule has 0 unspecified atom stereocenters. The van der Waals surface area contributed by atoms with Crippen molar-refractivity contribution in [1.82, 2.24) is 9.55 Å². The van der Waals surface area contributed by atoms with Crippen molar-refractivity contribution in [2.45, 2.75) is 0 Å². The molecule has 0 atom stereocenters. The van der Waals surface area contributed by atoms with E-state index in [1.54, 1.807) is 12.3 Å². The molecule has 2 aromatic carbocycles. The molecule has 0 aliphatic rings. The highest BCUT2D eigenvalue weighted by Gasteiger charge is 2.15. The van der Waals surface area contributed by atoms with Crippen molar-refractivity contribution in [2.75, 3.05) is 0 Å².